The zero-order chi connectivity index (χ0) is 19.4. The maximum absolute atomic E-state index is 5.72. The molecule has 3 aromatic rings. The predicted octanol–water partition coefficient (Wildman–Crippen LogP) is 3.09. The molecule has 0 saturated carbocycles. The van der Waals surface area contributed by atoms with Gasteiger partial charge in [0.05, 0.1) is 19.3 Å². The van der Waals surface area contributed by atoms with Gasteiger partial charge in [-0.2, -0.15) is 9.78 Å². The lowest BCUT2D eigenvalue weighted by atomic mass is 10.2. The van der Waals surface area contributed by atoms with Gasteiger partial charge in [0.15, 0.2) is 6.67 Å². The number of hydrogen-bond acceptors (Lipinski definition) is 3. The molecule has 0 bridgehead atoms. The summed E-state index contributed by atoms with van der Waals surface area (Å²) >= 11 is 5.72. The molecule has 2 aromatic carbocycles. The first-order valence-electron chi connectivity index (χ1n) is 9.25. The first kappa shape index (κ1) is 19.3. The molecule has 1 atom stereocenters. The standard InChI is InChI=1S/C21H26N4OS/c1-5-26-19-12-10-18(11-13-19)14-23(4)15-24-21(27)25(17(3)22-24)20-9-7-6-8-16(20)2/h6-13H,5,14-15H2,1-4H3/p+1. The van der Waals surface area contributed by atoms with E-state index >= 15 is 0 Å². The van der Waals surface area contributed by atoms with Crippen LogP contribution in [0, 0.1) is 18.6 Å². The maximum atomic E-state index is 5.72. The smallest absolute Gasteiger partial charge is 0.207 e. The molecule has 5 nitrogen and oxygen atoms in total. The van der Waals surface area contributed by atoms with Crippen LogP contribution in [-0.4, -0.2) is 28.0 Å². The van der Waals surface area contributed by atoms with Gasteiger partial charge in [-0.25, -0.2) is 0 Å². The molecule has 0 aliphatic carbocycles. The number of quaternary nitrogens is 1. The summed E-state index contributed by atoms with van der Waals surface area (Å²) in [5.74, 6) is 1.82. The van der Waals surface area contributed by atoms with E-state index in [1.54, 1.807) is 0 Å². The molecule has 3 rings (SSSR count). The van der Waals surface area contributed by atoms with E-state index in [9.17, 15) is 0 Å². The van der Waals surface area contributed by atoms with Gasteiger partial charge in [0, 0.05) is 5.56 Å². The fraction of sp³-hybridized carbons (Fsp3) is 0.333. The molecule has 0 aliphatic rings. The summed E-state index contributed by atoms with van der Waals surface area (Å²) in [5.41, 5.74) is 3.54. The lowest BCUT2D eigenvalue weighted by molar-refractivity contribution is -0.917. The van der Waals surface area contributed by atoms with E-state index in [4.69, 9.17) is 17.0 Å². The molecule has 6 heteroatoms. The first-order valence-corrected chi connectivity index (χ1v) is 9.66. The number of ether oxygens (including phenoxy) is 1. The Bertz CT molecular complexity index is 959. The third-order valence-electron chi connectivity index (χ3n) is 4.52. The molecular weight excluding hydrogens is 356 g/mol. The highest BCUT2D eigenvalue weighted by atomic mass is 32.1. The summed E-state index contributed by atoms with van der Waals surface area (Å²) < 4.78 is 10.2. The summed E-state index contributed by atoms with van der Waals surface area (Å²) in [4.78, 5) is 1.31. The second-order valence-electron chi connectivity index (χ2n) is 6.82. The second kappa shape index (κ2) is 8.50. The van der Waals surface area contributed by atoms with Gasteiger partial charge in [0.25, 0.3) is 0 Å². The number of nitrogens with zero attached hydrogens (tertiary/aromatic N) is 3. The maximum Gasteiger partial charge on any atom is 0.207 e. The van der Waals surface area contributed by atoms with Crippen LogP contribution in [-0.2, 0) is 13.2 Å². The third-order valence-corrected chi connectivity index (χ3v) is 4.91. The number of nitrogens with one attached hydrogen (secondary N) is 1. The van der Waals surface area contributed by atoms with E-state index in [0.717, 1.165) is 28.6 Å². The summed E-state index contributed by atoms with van der Waals surface area (Å²) in [7, 11) is 2.15. The van der Waals surface area contributed by atoms with Crippen molar-refractivity contribution in [3.63, 3.8) is 0 Å². The van der Waals surface area contributed by atoms with E-state index < -0.39 is 0 Å². The molecule has 0 fully saturated rings. The minimum Gasteiger partial charge on any atom is -0.494 e. The summed E-state index contributed by atoms with van der Waals surface area (Å²) in [5, 5.41) is 4.68. The summed E-state index contributed by atoms with van der Waals surface area (Å²) in [6.45, 7) is 8.38. The molecule has 1 aromatic heterocycles. The lowest BCUT2D eigenvalue weighted by Gasteiger charge is -2.14. The van der Waals surface area contributed by atoms with Crippen molar-refractivity contribution in [2.75, 3.05) is 13.7 Å². The van der Waals surface area contributed by atoms with Crippen molar-refractivity contribution in [1.82, 2.24) is 14.3 Å². The minimum atomic E-state index is 0.686. The van der Waals surface area contributed by atoms with E-state index in [0.29, 0.717) is 13.3 Å². The Morgan fingerprint density at radius 3 is 2.44 bits per heavy atom. The van der Waals surface area contributed by atoms with Crippen molar-refractivity contribution in [1.29, 1.82) is 0 Å². The molecule has 0 spiro atoms. The molecule has 0 radical (unpaired) electrons. The van der Waals surface area contributed by atoms with E-state index in [1.807, 2.05) is 42.8 Å². The molecule has 142 valence electrons. The van der Waals surface area contributed by atoms with Crippen LogP contribution in [0.3, 0.4) is 0 Å². The van der Waals surface area contributed by atoms with Gasteiger partial charge in [-0.15, -0.1) is 0 Å². The number of rotatable bonds is 7. The normalized spacial score (nSPS) is 12.1. The highest BCUT2D eigenvalue weighted by Crippen LogP contribution is 2.16. The zero-order valence-electron chi connectivity index (χ0n) is 16.4. The highest BCUT2D eigenvalue weighted by molar-refractivity contribution is 7.71. The third kappa shape index (κ3) is 4.46. The molecular formula is C21H27N4OS+. The average Bonchev–Trinajstić information content (AvgIpc) is 2.91. The monoisotopic (exact) mass is 383 g/mol. The van der Waals surface area contributed by atoms with Crippen LogP contribution in [0.25, 0.3) is 5.69 Å². The van der Waals surface area contributed by atoms with Crippen molar-refractivity contribution in [2.45, 2.75) is 34.0 Å². The Balaban J connectivity index is 1.75. The number of para-hydroxylation sites is 1. The van der Waals surface area contributed by atoms with Crippen molar-refractivity contribution in [3.05, 3.63) is 70.3 Å². The molecule has 1 unspecified atom stereocenters. The number of hydrogen-bond donors (Lipinski definition) is 1. The Hall–Kier alpha value is -2.44. The second-order valence-corrected chi connectivity index (χ2v) is 7.19. The van der Waals surface area contributed by atoms with Gasteiger partial charge in [0.2, 0.25) is 4.77 Å². The largest absolute Gasteiger partial charge is 0.494 e. The highest BCUT2D eigenvalue weighted by Gasteiger charge is 2.13. The van der Waals surface area contributed by atoms with Gasteiger partial charge < -0.3 is 9.64 Å². The van der Waals surface area contributed by atoms with Crippen LogP contribution in [0.4, 0.5) is 0 Å². The fourth-order valence-electron chi connectivity index (χ4n) is 3.24. The van der Waals surface area contributed by atoms with Gasteiger partial charge in [-0.1, -0.05) is 18.2 Å². The Kier molecular flexibility index (Phi) is 6.08. The SMILES string of the molecule is CCOc1ccc(C[NH+](C)Cn2nc(C)n(-c3ccccc3C)c2=S)cc1. The average molecular weight is 384 g/mol. The van der Waals surface area contributed by atoms with Gasteiger partial charge >= 0.3 is 0 Å². The molecule has 0 aliphatic heterocycles. The molecule has 0 saturated heterocycles. The van der Waals surface area contributed by atoms with Gasteiger partial charge in [-0.05, 0) is 68.9 Å². The number of aryl methyl sites for hydroxylation is 2. The predicted molar refractivity (Wildman–Crippen MR) is 110 cm³/mol. The van der Waals surface area contributed by atoms with E-state index in [2.05, 4.69) is 47.9 Å². The van der Waals surface area contributed by atoms with Crippen molar-refractivity contribution >= 4 is 12.2 Å². The van der Waals surface area contributed by atoms with Crippen LogP contribution in [0.15, 0.2) is 48.5 Å². The Morgan fingerprint density at radius 2 is 1.78 bits per heavy atom. The Morgan fingerprint density at radius 1 is 1.07 bits per heavy atom. The van der Waals surface area contributed by atoms with Gasteiger partial charge in [0.1, 0.15) is 18.1 Å². The number of benzene rings is 2. The van der Waals surface area contributed by atoms with Crippen molar-refractivity contribution < 1.29 is 9.64 Å². The van der Waals surface area contributed by atoms with Crippen molar-refractivity contribution in [2.24, 2.45) is 0 Å². The van der Waals surface area contributed by atoms with Crippen LogP contribution in [0.2, 0.25) is 0 Å². The zero-order valence-corrected chi connectivity index (χ0v) is 17.2. The first-order chi connectivity index (χ1) is 13.0. The van der Waals surface area contributed by atoms with Crippen LogP contribution in [0.5, 0.6) is 5.75 Å². The number of aromatic nitrogens is 3. The van der Waals surface area contributed by atoms with E-state index in [1.165, 1.54) is 16.0 Å². The molecule has 27 heavy (non-hydrogen) atoms. The molecule has 1 N–H and O–H groups in total. The topological polar surface area (TPSA) is 36.4 Å². The molecule has 0 amide bonds. The summed E-state index contributed by atoms with van der Waals surface area (Å²) in [6.07, 6.45) is 0. The van der Waals surface area contributed by atoms with Gasteiger partial charge in [-0.3, -0.25) is 4.57 Å². The lowest BCUT2D eigenvalue weighted by Crippen LogP contribution is -3.07. The summed E-state index contributed by atoms with van der Waals surface area (Å²) in [6, 6.07) is 16.5. The van der Waals surface area contributed by atoms with Crippen LogP contribution in [0.1, 0.15) is 23.9 Å². The fourth-order valence-corrected chi connectivity index (χ4v) is 3.58. The van der Waals surface area contributed by atoms with Crippen LogP contribution < -0.4 is 9.64 Å². The molecule has 1 heterocycles. The van der Waals surface area contributed by atoms with Crippen LogP contribution >= 0.6 is 12.2 Å². The van der Waals surface area contributed by atoms with Crippen molar-refractivity contribution in [3.8, 4) is 11.4 Å². The Labute approximate surface area is 165 Å². The van der Waals surface area contributed by atoms with E-state index in [-0.39, 0.29) is 0 Å². The quantitative estimate of drug-likeness (QED) is 0.637. The minimum absolute atomic E-state index is 0.686.